The van der Waals surface area contributed by atoms with E-state index in [1.54, 1.807) is 18.6 Å². The molecular formula is C23H20N4O2S. The minimum Gasteiger partial charge on any atom is -0.457 e. The number of aromatic nitrogens is 2. The topological polar surface area (TPSA) is 76.1 Å². The van der Waals surface area contributed by atoms with Gasteiger partial charge >= 0.3 is 0 Å². The van der Waals surface area contributed by atoms with Gasteiger partial charge < -0.3 is 15.4 Å². The van der Waals surface area contributed by atoms with Gasteiger partial charge in [0.2, 0.25) is 5.91 Å². The maximum absolute atomic E-state index is 12.2. The average molecular weight is 417 g/mol. The minimum absolute atomic E-state index is 0.127. The van der Waals surface area contributed by atoms with Gasteiger partial charge in [-0.3, -0.25) is 9.78 Å². The van der Waals surface area contributed by atoms with Crippen LogP contribution in [0.5, 0.6) is 11.5 Å². The van der Waals surface area contributed by atoms with Crippen molar-refractivity contribution in [1.29, 1.82) is 0 Å². The van der Waals surface area contributed by atoms with E-state index in [-0.39, 0.29) is 12.5 Å². The molecule has 2 aromatic carbocycles. The van der Waals surface area contributed by atoms with Crippen molar-refractivity contribution >= 4 is 28.1 Å². The number of hydrogen-bond acceptors (Lipinski definition) is 6. The predicted molar refractivity (Wildman–Crippen MR) is 120 cm³/mol. The maximum atomic E-state index is 12.2. The molecular weight excluding hydrogens is 396 g/mol. The summed E-state index contributed by atoms with van der Waals surface area (Å²) in [6, 6.07) is 19.0. The van der Waals surface area contributed by atoms with Crippen molar-refractivity contribution in [3.05, 3.63) is 84.8 Å². The summed E-state index contributed by atoms with van der Waals surface area (Å²) in [5.41, 5.74) is 2.84. The first-order chi connectivity index (χ1) is 14.7. The summed E-state index contributed by atoms with van der Waals surface area (Å²) < 4.78 is 5.83. The zero-order valence-electron chi connectivity index (χ0n) is 16.3. The third kappa shape index (κ3) is 5.21. The lowest BCUT2D eigenvalue weighted by atomic mass is 10.2. The largest absolute Gasteiger partial charge is 0.457 e. The summed E-state index contributed by atoms with van der Waals surface area (Å²) in [5, 5.41) is 6.60. The SMILES string of the molecule is Cc1cccc(Oc2ccc(NC(=O)CNc3ncc(-c4cccnc4)s3)cc2)c1. The van der Waals surface area contributed by atoms with Gasteiger partial charge in [-0.2, -0.15) is 0 Å². The zero-order valence-corrected chi connectivity index (χ0v) is 17.1. The molecule has 6 nitrogen and oxygen atoms in total. The maximum Gasteiger partial charge on any atom is 0.243 e. The van der Waals surface area contributed by atoms with Gasteiger partial charge in [-0.25, -0.2) is 4.98 Å². The van der Waals surface area contributed by atoms with Crippen LogP contribution in [0.3, 0.4) is 0 Å². The van der Waals surface area contributed by atoms with Gasteiger partial charge in [0, 0.05) is 29.8 Å². The number of nitrogens with one attached hydrogen (secondary N) is 2. The van der Waals surface area contributed by atoms with Crippen LogP contribution in [0, 0.1) is 6.92 Å². The van der Waals surface area contributed by atoms with E-state index in [0.717, 1.165) is 21.8 Å². The monoisotopic (exact) mass is 416 g/mol. The number of rotatable bonds is 7. The first kappa shape index (κ1) is 19.6. The number of carbonyl (C=O) groups excluding carboxylic acids is 1. The summed E-state index contributed by atoms with van der Waals surface area (Å²) in [7, 11) is 0. The number of nitrogens with zero attached hydrogens (tertiary/aromatic N) is 2. The van der Waals surface area contributed by atoms with Gasteiger partial charge in [-0.15, -0.1) is 0 Å². The fourth-order valence-corrected chi connectivity index (χ4v) is 3.58. The fourth-order valence-electron chi connectivity index (χ4n) is 2.78. The van der Waals surface area contributed by atoms with Gasteiger partial charge in [0.15, 0.2) is 5.13 Å². The van der Waals surface area contributed by atoms with Crippen LogP contribution >= 0.6 is 11.3 Å². The lowest BCUT2D eigenvalue weighted by Gasteiger charge is -2.09. The van der Waals surface area contributed by atoms with E-state index in [0.29, 0.717) is 16.6 Å². The summed E-state index contributed by atoms with van der Waals surface area (Å²) in [6.07, 6.45) is 5.29. The van der Waals surface area contributed by atoms with Crippen LogP contribution < -0.4 is 15.4 Å². The van der Waals surface area contributed by atoms with Crippen LogP contribution in [0.4, 0.5) is 10.8 Å². The van der Waals surface area contributed by atoms with E-state index in [2.05, 4.69) is 20.6 Å². The number of ether oxygens (including phenoxy) is 1. The highest BCUT2D eigenvalue weighted by Crippen LogP contribution is 2.28. The molecule has 30 heavy (non-hydrogen) atoms. The highest BCUT2D eigenvalue weighted by Gasteiger charge is 2.07. The quantitative estimate of drug-likeness (QED) is 0.424. The molecule has 0 bridgehead atoms. The van der Waals surface area contributed by atoms with Crippen LogP contribution in [-0.2, 0) is 4.79 Å². The molecule has 0 aliphatic carbocycles. The lowest BCUT2D eigenvalue weighted by molar-refractivity contribution is -0.114. The van der Waals surface area contributed by atoms with Gasteiger partial charge in [-0.05, 0) is 55.0 Å². The van der Waals surface area contributed by atoms with Crippen molar-refractivity contribution in [2.75, 3.05) is 17.2 Å². The molecule has 2 heterocycles. The molecule has 7 heteroatoms. The predicted octanol–water partition coefficient (Wildman–Crippen LogP) is 5.36. The van der Waals surface area contributed by atoms with Crippen LogP contribution in [0.15, 0.2) is 79.3 Å². The molecule has 150 valence electrons. The summed E-state index contributed by atoms with van der Waals surface area (Å²) >= 11 is 1.48. The number of carbonyl (C=O) groups is 1. The molecule has 4 aromatic rings. The number of thiazole rings is 1. The second-order valence-electron chi connectivity index (χ2n) is 6.62. The Balaban J connectivity index is 1.28. The van der Waals surface area contributed by atoms with E-state index in [4.69, 9.17) is 4.74 Å². The highest BCUT2D eigenvalue weighted by atomic mass is 32.1. The van der Waals surface area contributed by atoms with E-state index >= 15 is 0 Å². The molecule has 0 aliphatic rings. The summed E-state index contributed by atoms with van der Waals surface area (Å²) in [5.74, 6) is 1.34. The molecule has 0 saturated heterocycles. The number of amides is 1. The molecule has 0 spiro atoms. The Kier molecular flexibility index (Phi) is 6.01. The van der Waals surface area contributed by atoms with E-state index in [1.807, 2.05) is 67.6 Å². The van der Waals surface area contributed by atoms with Gasteiger partial charge in [0.1, 0.15) is 11.5 Å². The Labute approximate surface area is 178 Å². The van der Waals surface area contributed by atoms with Gasteiger partial charge in [0.25, 0.3) is 0 Å². The number of pyridine rings is 1. The molecule has 0 unspecified atom stereocenters. The first-order valence-electron chi connectivity index (χ1n) is 9.40. The van der Waals surface area contributed by atoms with E-state index in [9.17, 15) is 4.79 Å². The van der Waals surface area contributed by atoms with Crippen LogP contribution in [0.2, 0.25) is 0 Å². The number of benzene rings is 2. The van der Waals surface area contributed by atoms with Crippen LogP contribution in [-0.4, -0.2) is 22.4 Å². The molecule has 0 fully saturated rings. The molecule has 4 rings (SSSR count). The second-order valence-corrected chi connectivity index (χ2v) is 7.65. The summed E-state index contributed by atoms with van der Waals surface area (Å²) in [6.45, 7) is 2.15. The van der Waals surface area contributed by atoms with Gasteiger partial charge in [-0.1, -0.05) is 29.5 Å². The summed E-state index contributed by atoms with van der Waals surface area (Å²) in [4.78, 5) is 21.7. The standard InChI is InChI=1S/C23H20N4O2S/c1-16-4-2-6-20(12-16)29-19-9-7-18(8-10-19)27-22(28)15-26-23-25-14-21(30-23)17-5-3-11-24-13-17/h2-14H,15H2,1H3,(H,25,26)(H,27,28). The van der Waals surface area contributed by atoms with Crippen molar-refractivity contribution in [1.82, 2.24) is 9.97 Å². The average Bonchev–Trinajstić information content (AvgIpc) is 3.24. The normalized spacial score (nSPS) is 10.4. The van der Waals surface area contributed by atoms with Crippen molar-refractivity contribution in [3.8, 4) is 21.9 Å². The second kappa shape index (κ2) is 9.19. The molecule has 2 aromatic heterocycles. The van der Waals surface area contributed by atoms with Crippen molar-refractivity contribution in [2.24, 2.45) is 0 Å². The molecule has 1 amide bonds. The number of hydrogen-bond donors (Lipinski definition) is 2. The third-order valence-corrected chi connectivity index (χ3v) is 5.22. The van der Waals surface area contributed by atoms with Crippen molar-refractivity contribution in [3.63, 3.8) is 0 Å². The number of anilines is 2. The zero-order chi connectivity index (χ0) is 20.8. The van der Waals surface area contributed by atoms with Crippen molar-refractivity contribution < 1.29 is 9.53 Å². The first-order valence-corrected chi connectivity index (χ1v) is 10.2. The Bertz CT molecular complexity index is 1130. The van der Waals surface area contributed by atoms with Crippen LogP contribution in [0.25, 0.3) is 10.4 Å². The molecule has 2 N–H and O–H groups in total. The highest BCUT2D eigenvalue weighted by molar-refractivity contribution is 7.18. The Hall–Kier alpha value is -3.71. The van der Waals surface area contributed by atoms with Crippen molar-refractivity contribution in [2.45, 2.75) is 6.92 Å². The molecule has 0 radical (unpaired) electrons. The van der Waals surface area contributed by atoms with E-state index < -0.39 is 0 Å². The van der Waals surface area contributed by atoms with Gasteiger partial charge in [0.05, 0.1) is 11.4 Å². The smallest absolute Gasteiger partial charge is 0.243 e. The Morgan fingerprint density at radius 1 is 1.03 bits per heavy atom. The number of aryl methyl sites for hydroxylation is 1. The minimum atomic E-state index is -0.152. The third-order valence-electron chi connectivity index (χ3n) is 4.22. The van der Waals surface area contributed by atoms with Crippen LogP contribution in [0.1, 0.15) is 5.56 Å². The molecule has 0 atom stereocenters. The lowest BCUT2D eigenvalue weighted by Crippen LogP contribution is -2.21. The molecule has 0 saturated carbocycles. The Morgan fingerprint density at radius 3 is 2.67 bits per heavy atom. The van der Waals surface area contributed by atoms with E-state index in [1.165, 1.54) is 11.3 Å². The Morgan fingerprint density at radius 2 is 1.90 bits per heavy atom. The fraction of sp³-hybridized carbons (Fsp3) is 0.0870. The molecule has 0 aliphatic heterocycles.